The Kier molecular flexibility index (Phi) is 6.02. The molecule has 9 heteroatoms. The van der Waals surface area contributed by atoms with Gasteiger partial charge in [0.1, 0.15) is 11.3 Å². The van der Waals surface area contributed by atoms with Gasteiger partial charge in [0, 0.05) is 30.9 Å². The Morgan fingerprint density at radius 2 is 2.23 bits per heavy atom. The van der Waals surface area contributed by atoms with E-state index < -0.39 is 0 Å². The minimum Gasteiger partial charge on any atom is -0.460 e. The van der Waals surface area contributed by atoms with Crippen LogP contribution < -0.4 is 16.2 Å². The summed E-state index contributed by atoms with van der Waals surface area (Å²) in [4.78, 5) is 32.3. The van der Waals surface area contributed by atoms with Gasteiger partial charge in [-0.1, -0.05) is 18.2 Å². The van der Waals surface area contributed by atoms with Crippen molar-refractivity contribution >= 4 is 33.5 Å². The second-order valence-corrected chi connectivity index (χ2v) is 8.76. The molecule has 1 unspecified atom stereocenters. The highest BCUT2D eigenvalue weighted by Crippen LogP contribution is 2.26. The van der Waals surface area contributed by atoms with Crippen LogP contribution in [-0.4, -0.2) is 34.7 Å². The molecule has 31 heavy (non-hydrogen) atoms. The Morgan fingerprint density at radius 1 is 1.42 bits per heavy atom. The number of aromatic nitrogens is 2. The summed E-state index contributed by atoms with van der Waals surface area (Å²) in [7, 11) is 0. The summed E-state index contributed by atoms with van der Waals surface area (Å²) < 4.78 is 7.22. The van der Waals surface area contributed by atoms with Gasteiger partial charge in [0.15, 0.2) is 0 Å². The van der Waals surface area contributed by atoms with Crippen LogP contribution in [0.25, 0.3) is 10.2 Å². The molecule has 0 spiro atoms. The Morgan fingerprint density at radius 3 is 2.97 bits per heavy atom. The van der Waals surface area contributed by atoms with E-state index in [-0.39, 0.29) is 30.7 Å². The van der Waals surface area contributed by atoms with E-state index in [9.17, 15) is 14.9 Å². The van der Waals surface area contributed by atoms with E-state index in [2.05, 4.69) is 6.07 Å². The van der Waals surface area contributed by atoms with Crippen molar-refractivity contribution in [1.82, 2.24) is 9.55 Å². The van der Waals surface area contributed by atoms with Crippen LogP contribution in [0.1, 0.15) is 35.8 Å². The van der Waals surface area contributed by atoms with Gasteiger partial charge < -0.3 is 15.4 Å². The standard InChI is InChI=1S/C22H23N5O3S/c1-14(28)30-13-18-9-19-20(31-18)21(29)27(11-16-6-3-2-5-15(16)10-23)22(25-19)26-8-4-7-17(24)12-26/h2-3,5-6,9,17H,4,7-8,11-13,24H2,1H3. The van der Waals surface area contributed by atoms with Crippen molar-refractivity contribution in [2.45, 2.75) is 39.0 Å². The molecule has 8 nitrogen and oxygen atoms in total. The molecule has 1 atom stereocenters. The lowest BCUT2D eigenvalue weighted by molar-refractivity contribution is -0.142. The predicted molar refractivity (Wildman–Crippen MR) is 119 cm³/mol. The average molecular weight is 438 g/mol. The lowest BCUT2D eigenvalue weighted by atomic mass is 10.1. The van der Waals surface area contributed by atoms with Crippen molar-refractivity contribution in [3.63, 3.8) is 0 Å². The van der Waals surface area contributed by atoms with Crippen LogP contribution in [0, 0.1) is 11.3 Å². The number of nitrogens with two attached hydrogens (primary N) is 1. The molecule has 0 bridgehead atoms. The van der Waals surface area contributed by atoms with Crippen molar-refractivity contribution in [3.05, 3.63) is 56.7 Å². The minimum absolute atomic E-state index is 0.0168. The summed E-state index contributed by atoms with van der Waals surface area (Å²) >= 11 is 1.28. The fraction of sp³-hybridized carbons (Fsp3) is 0.364. The Bertz CT molecular complexity index is 1230. The van der Waals surface area contributed by atoms with E-state index in [0.29, 0.717) is 28.3 Å². The number of anilines is 1. The maximum atomic E-state index is 13.5. The van der Waals surface area contributed by atoms with E-state index >= 15 is 0 Å². The topological polar surface area (TPSA) is 114 Å². The van der Waals surface area contributed by atoms with E-state index in [1.54, 1.807) is 22.8 Å². The first-order valence-electron chi connectivity index (χ1n) is 10.1. The highest BCUT2D eigenvalue weighted by molar-refractivity contribution is 7.18. The number of piperidine rings is 1. The Labute approximate surface area is 183 Å². The monoisotopic (exact) mass is 437 g/mol. The summed E-state index contributed by atoms with van der Waals surface area (Å²) in [6, 6.07) is 11.3. The van der Waals surface area contributed by atoms with E-state index in [1.165, 1.54) is 18.3 Å². The molecule has 3 aromatic rings. The first kappa shape index (κ1) is 21.0. The van der Waals surface area contributed by atoms with Gasteiger partial charge in [-0.15, -0.1) is 11.3 Å². The molecule has 1 fully saturated rings. The van der Waals surface area contributed by atoms with E-state index in [0.717, 1.165) is 29.8 Å². The number of ether oxygens (including phenoxy) is 1. The molecule has 2 N–H and O–H groups in total. The van der Waals surface area contributed by atoms with Crippen molar-refractivity contribution in [1.29, 1.82) is 5.26 Å². The fourth-order valence-corrected chi connectivity index (χ4v) is 4.76. The van der Waals surface area contributed by atoms with Crippen LogP contribution in [0.3, 0.4) is 0 Å². The molecule has 0 aliphatic carbocycles. The average Bonchev–Trinajstić information content (AvgIpc) is 3.18. The van der Waals surface area contributed by atoms with Crippen LogP contribution in [0.5, 0.6) is 0 Å². The molecule has 3 heterocycles. The van der Waals surface area contributed by atoms with E-state index in [1.807, 2.05) is 17.0 Å². The number of nitriles is 1. The molecule has 1 aliphatic rings. The lowest BCUT2D eigenvalue weighted by Crippen LogP contribution is -2.45. The van der Waals surface area contributed by atoms with Gasteiger partial charge in [-0.05, 0) is 30.5 Å². The predicted octanol–water partition coefficient (Wildman–Crippen LogP) is 2.37. The molecular formula is C22H23N5O3S. The molecule has 160 valence electrons. The zero-order chi connectivity index (χ0) is 22.0. The summed E-state index contributed by atoms with van der Waals surface area (Å²) in [6.45, 7) is 3.07. The number of thiophene rings is 1. The molecule has 0 saturated carbocycles. The van der Waals surface area contributed by atoms with Crippen molar-refractivity contribution in [2.24, 2.45) is 5.73 Å². The van der Waals surface area contributed by atoms with Gasteiger partial charge in [0.25, 0.3) is 5.56 Å². The first-order valence-corrected chi connectivity index (χ1v) is 10.9. The Hall–Kier alpha value is -3.22. The summed E-state index contributed by atoms with van der Waals surface area (Å²) in [5, 5.41) is 9.48. The SMILES string of the molecule is CC(=O)OCc1cc2nc(N3CCCC(N)C3)n(Cc3ccccc3C#N)c(=O)c2s1. The summed E-state index contributed by atoms with van der Waals surface area (Å²) in [5.74, 6) is 0.177. The second kappa shape index (κ2) is 8.88. The number of hydrogen-bond acceptors (Lipinski definition) is 8. The summed E-state index contributed by atoms with van der Waals surface area (Å²) in [6.07, 6.45) is 1.86. The van der Waals surface area contributed by atoms with Gasteiger partial charge >= 0.3 is 5.97 Å². The maximum Gasteiger partial charge on any atom is 0.302 e. The van der Waals surface area contributed by atoms with Crippen molar-refractivity contribution < 1.29 is 9.53 Å². The zero-order valence-corrected chi connectivity index (χ0v) is 18.0. The van der Waals surface area contributed by atoms with Gasteiger partial charge in [-0.25, -0.2) is 4.98 Å². The first-order chi connectivity index (χ1) is 15.0. The molecule has 0 amide bonds. The van der Waals surface area contributed by atoms with Crippen LogP contribution in [0.2, 0.25) is 0 Å². The number of rotatable bonds is 5. The van der Waals surface area contributed by atoms with Gasteiger partial charge in [-0.2, -0.15) is 5.26 Å². The number of nitrogens with zero attached hydrogens (tertiary/aromatic N) is 4. The number of carbonyl (C=O) groups is 1. The number of carbonyl (C=O) groups excluding carboxylic acids is 1. The third-order valence-electron chi connectivity index (χ3n) is 5.29. The van der Waals surface area contributed by atoms with Gasteiger partial charge in [-0.3, -0.25) is 14.2 Å². The number of fused-ring (bicyclic) bond motifs is 1. The molecule has 1 aromatic carbocycles. The third-order valence-corrected chi connectivity index (χ3v) is 6.38. The van der Waals surface area contributed by atoms with Gasteiger partial charge in [0.2, 0.25) is 5.95 Å². The van der Waals surface area contributed by atoms with Crippen LogP contribution in [0.4, 0.5) is 5.95 Å². The largest absolute Gasteiger partial charge is 0.460 e. The molecule has 1 saturated heterocycles. The molecule has 2 aromatic heterocycles. The quantitative estimate of drug-likeness (QED) is 0.610. The van der Waals surface area contributed by atoms with Crippen LogP contribution >= 0.6 is 11.3 Å². The van der Waals surface area contributed by atoms with Crippen molar-refractivity contribution in [2.75, 3.05) is 18.0 Å². The van der Waals surface area contributed by atoms with Crippen LogP contribution in [0.15, 0.2) is 35.1 Å². The molecule has 0 radical (unpaired) electrons. The van der Waals surface area contributed by atoms with E-state index in [4.69, 9.17) is 15.5 Å². The summed E-state index contributed by atoms with van der Waals surface area (Å²) in [5.41, 5.74) is 7.87. The molecule has 1 aliphatic heterocycles. The Balaban J connectivity index is 1.83. The zero-order valence-electron chi connectivity index (χ0n) is 17.2. The minimum atomic E-state index is -0.376. The van der Waals surface area contributed by atoms with Gasteiger partial charge in [0.05, 0.1) is 23.7 Å². The smallest absolute Gasteiger partial charge is 0.302 e. The fourth-order valence-electron chi connectivity index (χ4n) is 3.81. The lowest BCUT2D eigenvalue weighted by Gasteiger charge is -2.33. The normalized spacial score (nSPS) is 16.3. The second-order valence-electron chi connectivity index (χ2n) is 7.63. The molecule has 4 rings (SSSR count). The van der Waals surface area contributed by atoms with Crippen LogP contribution in [-0.2, 0) is 22.7 Å². The molecular weight excluding hydrogens is 414 g/mol. The maximum absolute atomic E-state index is 13.5. The number of benzene rings is 1. The highest BCUT2D eigenvalue weighted by Gasteiger charge is 2.24. The van der Waals surface area contributed by atoms with Crippen molar-refractivity contribution in [3.8, 4) is 6.07 Å². The third kappa shape index (κ3) is 4.45. The highest BCUT2D eigenvalue weighted by atomic mass is 32.1. The number of esters is 1. The number of hydrogen-bond donors (Lipinski definition) is 1.